The lowest BCUT2D eigenvalue weighted by atomic mass is 10.1. The van der Waals surface area contributed by atoms with E-state index < -0.39 is 0 Å². The number of amides is 1. The molecule has 0 heterocycles. The minimum absolute atomic E-state index is 0.0362. The lowest BCUT2D eigenvalue weighted by molar-refractivity contribution is -0.121. The van der Waals surface area contributed by atoms with Crippen LogP contribution in [0.2, 0.25) is 0 Å². The van der Waals surface area contributed by atoms with Crippen LogP contribution in [0.1, 0.15) is 32.8 Å². The van der Waals surface area contributed by atoms with Gasteiger partial charge in [-0.3, -0.25) is 4.79 Å². The molecule has 19 heavy (non-hydrogen) atoms. The Labute approximate surface area is 124 Å². The minimum Gasteiger partial charge on any atom is -0.373 e. The normalized spacial score (nSPS) is 12.3. The molecule has 1 aromatic rings. The van der Waals surface area contributed by atoms with Gasteiger partial charge >= 0.3 is 0 Å². The molecule has 1 atom stereocenters. The number of halogens is 1. The van der Waals surface area contributed by atoms with Crippen LogP contribution in [0.15, 0.2) is 22.7 Å². The molecule has 0 fully saturated rings. The van der Waals surface area contributed by atoms with E-state index in [4.69, 9.17) is 0 Å². The first kappa shape index (κ1) is 16.0. The maximum Gasteiger partial charge on any atom is 0.242 e. The largest absolute Gasteiger partial charge is 0.373 e. The molecule has 0 saturated carbocycles. The van der Waals surface area contributed by atoms with Crippen molar-refractivity contribution in [3.05, 3.63) is 28.2 Å². The zero-order valence-electron chi connectivity index (χ0n) is 12.1. The lowest BCUT2D eigenvalue weighted by Gasteiger charge is -2.17. The third-order valence-corrected chi connectivity index (χ3v) is 4.03. The number of hydrogen-bond donors (Lipinski definition) is 2. The molecule has 1 unspecified atom stereocenters. The van der Waals surface area contributed by atoms with Crippen LogP contribution >= 0.6 is 15.9 Å². The molecule has 2 N–H and O–H groups in total. The molecule has 0 aliphatic carbocycles. The zero-order chi connectivity index (χ0) is 14.4. The zero-order valence-corrected chi connectivity index (χ0v) is 13.7. The molecule has 4 heteroatoms. The number of carbonyl (C=O) groups excluding carboxylic acids is 1. The molecule has 0 aliphatic heterocycles. The van der Waals surface area contributed by atoms with Crippen LogP contribution in [0.3, 0.4) is 0 Å². The Hall–Kier alpha value is -1.03. The molecule has 0 aromatic heterocycles. The fourth-order valence-corrected chi connectivity index (χ4v) is 2.07. The van der Waals surface area contributed by atoms with Gasteiger partial charge in [0.1, 0.15) is 6.04 Å². The molecule has 0 saturated heterocycles. The summed E-state index contributed by atoms with van der Waals surface area (Å²) < 4.78 is 1.01. The Bertz CT molecular complexity index is 432. The second kappa shape index (κ2) is 7.53. The highest BCUT2D eigenvalue weighted by Crippen LogP contribution is 2.26. The van der Waals surface area contributed by atoms with E-state index >= 15 is 0 Å². The van der Waals surface area contributed by atoms with Gasteiger partial charge in [-0.05, 0) is 53.7 Å². The summed E-state index contributed by atoms with van der Waals surface area (Å²) in [7, 11) is 0. The number of hydrogen-bond acceptors (Lipinski definition) is 2. The van der Waals surface area contributed by atoms with Crippen molar-refractivity contribution in [2.75, 3.05) is 11.9 Å². The SMILES string of the molecule is Cc1cccc(NC(C)C(=O)NCCC(C)C)c1Br. The van der Waals surface area contributed by atoms with Crippen molar-refractivity contribution in [1.82, 2.24) is 5.32 Å². The van der Waals surface area contributed by atoms with E-state index in [0.717, 1.165) is 28.7 Å². The van der Waals surface area contributed by atoms with E-state index in [-0.39, 0.29) is 11.9 Å². The molecule has 0 radical (unpaired) electrons. The summed E-state index contributed by atoms with van der Waals surface area (Å²) >= 11 is 3.54. The van der Waals surface area contributed by atoms with Gasteiger partial charge in [-0.2, -0.15) is 0 Å². The minimum atomic E-state index is -0.245. The maximum atomic E-state index is 11.9. The standard InChI is InChI=1S/C15H23BrN2O/c1-10(2)8-9-17-15(19)12(4)18-13-7-5-6-11(3)14(13)16/h5-7,10,12,18H,8-9H2,1-4H3,(H,17,19). The van der Waals surface area contributed by atoms with Crippen molar-refractivity contribution < 1.29 is 4.79 Å². The highest BCUT2D eigenvalue weighted by molar-refractivity contribution is 9.10. The van der Waals surface area contributed by atoms with Crippen molar-refractivity contribution in [1.29, 1.82) is 0 Å². The number of aryl methyl sites for hydroxylation is 1. The Balaban J connectivity index is 2.52. The molecular weight excluding hydrogens is 304 g/mol. The average molecular weight is 327 g/mol. The monoisotopic (exact) mass is 326 g/mol. The first-order valence-electron chi connectivity index (χ1n) is 6.71. The van der Waals surface area contributed by atoms with Crippen LogP contribution in [0.5, 0.6) is 0 Å². The number of carbonyl (C=O) groups is 1. The second-order valence-electron chi connectivity index (χ2n) is 5.28. The molecule has 106 valence electrons. The van der Waals surface area contributed by atoms with Gasteiger partial charge in [-0.1, -0.05) is 26.0 Å². The third-order valence-electron chi connectivity index (χ3n) is 2.98. The average Bonchev–Trinajstić information content (AvgIpc) is 2.34. The van der Waals surface area contributed by atoms with Gasteiger partial charge in [0.25, 0.3) is 0 Å². The topological polar surface area (TPSA) is 41.1 Å². The molecule has 0 spiro atoms. The Kier molecular flexibility index (Phi) is 6.35. The summed E-state index contributed by atoms with van der Waals surface area (Å²) in [6.45, 7) is 8.94. The van der Waals surface area contributed by atoms with E-state index in [9.17, 15) is 4.79 Å². The highest BCUT2D eigenvalue weighted by Gasteiger charge is 2.13. The van der Waals surface area contributed by atoms with E-state index in [0.29, 0.717) is 5.92 Å². The molecule has 0 bridgehead atoms. The van der Waals surface area contributed by atoms with Crippen molar-refractivity contribution in [3.63, 3.8) is 0 Å². The fourth-order valence-electron chi connectivity index (χ4n) is 1.69. The number of benzene rings is 1. The molecule has 1 rings (SSSR count). The van der Waals surface area contributed by atoms with Crippen LogP contribution < -0.4 is 10.6 Å². The summed E-state index contributed by atoms with van der Waals surface area (Å²) in [5.41, 5.74) is 2.10. The van der Waals surface area contributed by atoms with Gasteiger partial charge in [0.05, 0.1) is 0 Å². The predicted octanol–water partition coefficient (Wildman–Crippen LogP) is 3.72. The van der Waals surface area contributed by atoms with Crippen LogP contribution in [0.25, 0.3) is 0 Å². The fraction of sp³-hybridized carbons (Fsp3) is 0.533. The van der Waals surface area contributed by atoms with Gasteiger partial charge < -0.3 is 10.6 Å². The lowest BCUT2D eigenvalue weighted by Crippen LogP contribution is -2.38. The van der Waals surface area contributed by atoms with E-state index in [1.807, 2.05) is 32.0 Å². The Morgan fingerprint density at radius 2 is 2.00 bits per heavy atom. The van der Waals surface area contributed by atoms with Gasteiger partial charge in [0.15, 0.2) is 0 Å². The number of anilines is 1. The maximum absolute atomic E-state index is 11.9. The first-order chi connectivity index (χ1) is 8.91. The van der Waals surface area contributed by atoms with E-state index in [2.05, 4.69) is 40.4 Å². The van der Waals surface area contributed by atoms with Gasteiger partial charge in [0, 0.05) is 16.7 Å². The third kappa shape index (κ3) is 5.23. The Morgan fingerprint density at radius 3 is 2.63 bits per heavy atom. The second-order valence-corrected chi connectivity index (χ2v) is 6.07. The summed E-state index contributed by atoms with van der Waals surface area (Å²) in [6.07, 6.45) is 1.01. The van der Waals surface area contributed by atoms with Crippen molar-refractivity contribution >= 4 is 27.5 Å². The van der Waals surface area contributed by atoms with Crippen molar-refractivity contribution in [3.8, 4) is 0 Å². The van der Waals surface area contributed by atoms with Crippen LogP contribution in [-0.4, -0.2) is 18.5 Å². The van der Waals surface area contributed by atoms with E-state index in [1.165, 1.54) is 0 Å². The van der Waals surface area contributed by atoms with Gasteiger partial charge in [-0.15, -0.1) is 0 Å². The smallest absolute Gasteiger partial charge is 0.242 e. The summed E-state index contributed by atoms with van der Waals surface area (Å²) in [5.74, 6) is 0.642. The van der Waals surface area contributed by atoms with Crippen LogP contribution in [0, 0.1) is 12.8 Å². The summed E-state index contributed by atoms with van der Waals surface area (Å²) in [5, 5.41) is 6.18. The molecule has 3 nitrogen and oxygen atoms in total. The van der Waals surface area contributed by atoms with Gasteiger partial charge in [0.2, 0.25) is 5.91 Å². The van der Waals surface area contributed by atoms with Crippen LogP contribution in [0.4, 0.5) is 5.69 Å². The summed E-state index contributed by atoms with van der Waals surface area (Å²) in [4.78, 5) is 11.9. The first-order valence-corrected chi connectivity index (χ1v) is 7.50. The van der Waals surface area contributed by atoms with Crippen molar-refractivity contribution in [2.45, 2.75) is 40.2 Å². The number of rotatable bonds is 6. The highest BCUT2D eigenvalue weighted by atomic mass is 79.9. The molecular formula is C15H23BrN2O. The quantitative estimate of drug-likeness (QED) is 0.836. The van der Waals surface area contributed by atoms with Crippen LogP contribution in [-0.2, 0) is 4.79 Å². The Morgan fingerprint density at radius 1 is 1.32 bits per heavy atom. The molecule has 1 aromatic carbocycles. The molecule has 1 amide bonds. The van der Waals surface area contributed by atoms with Gasteiger partial charge in [-0.25, -0.2) is 0 Å². The predicted molar refractivity (Wildman–Crippen MR) is 84.4 cm³/mol. The number of nitrogens with one attached hydrogen (secondary N) is 2. The van der Waals surface area contributed by atoms with E-state index in [1.54, 1.807) is 0 Å². The molecule has 0 aliphatic rings. The van der Waals surface area contributed by atoms with Crippen molar-refractivity contribution in [2.24, 2.45) is 5.92 Å². The summed E-state index contributed by atoms with van der Waals surface area (Å²) in [6, 6.07) is 5.73.